The fraction of sp³-hybridized carbons (Fsp3) is 0.538. The number of rotatable bonds is 4. The lowest BCUT2D eigenvalue weighted by Gasteiger charge is -2.32. The third kappa shape index (κ3) is 3.91. The van der Waals surface area contributed by atoms with Gasteiger partial charge in [0.2, 0.25) is 0 Å². The molecule has 1 aromatic rings. The Morgan fingerprint density at radius 3 is 2.17 bits per heavy atom. The number of hydrogen-bond donors (Lipinski definition) is 1. The molecule has 0 bridgehead atoms. The molecule has 0 amide bonds. The molecule has 0 aliphatic carbocycles. The maximum absolute atomic E-state index is 12.6. The lowest BCUT2D eigenvalue weighted by atomic mass is 10.0. The van der Waals surface area contributed by atoms with Crippen molar-refractivity contribution in [3.8, 4) is 0 Å². The number of halogens is 3. The lowest BCUT2D eigenvalue weighted by Crippen LogP contribution is -2.40. The molecule has 0 saturated heterocycles. The zero-order valence-corrected chi connectivity index (χ0v) is 10.8. The van der Waals surface area contributed by atoms with Gasteiger partial charge in [-0.15, -0.1) is 0 Å². The Labute approximate surface area is 106 Å². The molecular formula is C13H19F3N2. The minimum atomic E-state index is -4.23. The Balaban J connectivity index is 3.14. The van der Waals surface area contributed by atoms with E-state index >= 15 is 0 Å². The highest BCUT2D eigenvalue weighted by atomic mass is 19.4. The van der Waals surface area contributed by atoms with Gasteiger partial charge in [-0.3, -0.25) is 0 Å². The molecule has 0 fully saturated rings. The van der Waals surface area contributed by atoms with Crippen LogP contribution >= 0.6 is 0 Å². The first-order valence-electron chi connectivity index (χ1n) is 5.90. The third-order valence-corrected chi connectivity index (χ3v) is 2.71. The van der Waals surface area contributed by atoms with Crippen molar-refractivity contribution in [2.75, 3.05) is 11.4 Å². The average molecular weight is 260 g/mol. The van der Waals surface area contributed by atoms with E-state index in [-0.39, 0.29) is 12.1 Å². The maximum atomic E-state index is 12.6. The van der Waals surface area contributed by atoms with Gasteiger partial charge in [-0.2, -0.15) is 13.2 Å². The second-order valence-corrected chi connectivity index (χ2v) is 4.68. The number of benzene rings is 1. The minimum Gasteiger partial charge on any atom is -0.360 e. The monoisotopic (exact) mass is 260 g/mol. The van der Waals surface area contributed by atoms with Crippen LogP contribution in [0.1, 0.15) is 32.4 Å². The molecule has 2 nitrogen and oxygen atoms in total. The van der Waals surface area contributed by atoms with E-state index < -0.39 is 12.7 Å². The Kier molecular flexibility index (Phi) is 4.62. The molecule has 5 heteroatoms. The highest BCUT2D eigenvalue weighted by Crippen LogP contribution is 2.29. The summed E-state index contributed by atoms with van der Waals surface area (Å²) in [4.78, 5) is 1.33. The smallest absolute Gasteiger partial charge is 0.360 e. The second-order valence-electron chi connectivity index (χ2n) is 4.68. The van der Waals surface area contributed by atoms with E-state index in [0.29, 0.717) is 5.69 Å². The Bertz CT molecular complexity index is 386. The number of nitrogens with zero attached hydrogens (tertiary/aromatic N) is 1. The van der Waals surface area contributed by atoms with Gasteiger partial charge < -0.3 is 10.6 Å². The summed E-state index contributed by atoms with van der Waals surface area (Å²) in [5.41, 5.74) is 7.10. The van der Waals surface area contributed by atoms with E-state index in [4.69, 9.17) is 5.73 Å². The molecule has 18 heavy (non-hydrogen) atoms. The van der Waals surface area contributed by atoms with Crippen LogP contribution < -0.4 is 10.6 Å². The van der Waals surface area contributed by atoms with E-state index in [9.17, 15) is 13.2 Å². The normalized spacial score (nSPS) is 13.8. The molecule has 2 N–H and O–H groups in total. The van der Waals surface area contributed by atoms with Crippen LogP contribution in [0.2, 0.25) is 0 Å². The van der Waals surface area contributed by atoms with Gasteiger partial charge in [0.1, 0.15) is 6.54 Å². The number of para-hydroxylation sites is 1. The van der Waals surface area contributed by atoms with Gasteiger partial charge in [-0.1, -0.05) is 18.2 Å². The summed E-state index contributed by atoms with van der Waals surface area (Å²) in [6, 6.07) is 6.43. The number of alkyl halides is 3. The molecule has 1 unspecified atom stereocenters. The molecule has 0 heterocycles. The Morgan fingerprint density at radius 1 is 1.17 bits per heavy atom. The summed E-state index contributed by atoms with van der Waals surface area (Å²) >= 11 is 0. The van der Waals surface area contributed by atoms with Crippen molar-refractivity contribution in [1.82, 2.24) is 0 Å². The fourth-order valence-electron chi connectivity index (χ4n) is 1.87. The standard InChI is InChI=1S/C13H19F3N2/c1-9(2)18(8-13(14,15)16)12-7-5-4-6-11(12)10(3)17/h4-7,9-10H,8,17H2,1-3H3. The van der Waals surface area contributed by atoms with Gasteiger partial charge in [0, 0.05) is 17.8 Å². The van der Waals surface area contributed by atoms with Crippen LogP contribution in [0.15, 0.2) is 24.3 Å². The zero-order chi connectivity index (χ0) is 13.9. The molecule has 0 aliphatic rings. The second kappa shape index (κ2) is 5.61. The molecule has 0 aromatic heterocycles. The zero-order valence-electron chi connectivity index (χ0n) is 10.8. The minimum absolute atomic E-state index is 0.244. The number of hydrogen-bond acceptors (Lipinski definition) is 2. The molecule has 0 saturated carbocycles. The van der Waals surface area contributed by atoms with Crippen molar-refractivity contribution in [3.05, 3.63) is 29.8 Å². The van der Waals surface area contributed by atoms with Crippen molar-refractivity contribution in [1.29, 1.82) is 0 Å². The summed E-state index contributed by atoms with van der Waals surface area (Å²) < 4.78 is 37.8. The van der Waals surface area contributed by atoms with Gasteiger partial charge >= 0.3 is 6.18 Å². The summed E-state index contributed by atoms with van der Waals surface area (Å²) in [5, 5.41) is 0. The highest BCUT2D eigenvalue weighted by molar-refractivity contribution is 5.55. The van der Waals surface area contributed by atoms with E-state index in [2.05, 4.69) is 0 Å². The van der Waals surface area contributed by atoms with Gasteiger partial charge in [0.25, 0.3) is 0 Å². The molecule has 102 valence electrons. The summed E-state index contributed by atoms with van der Waals surface area (Å²) in [6.07, 6.45) is -4.23. The Hall–Kier alpha value is -1.23. The summed E-state index contributed by atoms with van der Waals surface area (Å²) in [7, 11) is 0. The summed E-state index contributed by atoms with van der Waals surface area (Å²) in [5.74, 6) is 0. The number of anilines is 1. The SMILES string of the molecule is CC(N)c1ccccc1N(CC(F)(F)F)C(C)C. The molecule has 0 radical (unpaired) electrons. The van der Waals surface area contributed by atoms with Crippen LogP contribution in [0.4, 0.5) is 18.9 Å². The van der Waals surface area contributed by atoms with Crippen LogP contribution in [0.25, 0.3) is 0 Å². The average Bonchev–Trinajstić information content (AvgIpc) is 2.24. The molecule has 1 aromatic carbocycles. The van der Waals surface area contributed by atoms with Crippen LogP contribution in [-0.2, 0) is 0 Å². The predicted molar refractivity (Wildman–Crippen MR) is 67.6 cm³/mol. The van der Waals surface area contributed by atoms with Crippen molar-refractivity contribution in [2.45, 2.75) is 39.0 Å². The van der Waals surface area contributed by atoms with Crippen molar-refractivity contribution in [2.24, 2.45) is 5.73 Å². The number of nitrogens with two attached hydrogens (primary N) is 1. The van der Waals surface area contributed by atoms with Crippen LogP contribution in [-0.4, -0.2) is 18.8 Å². The first kappa shape index (κ1) is 14.8. The highest BCUT2D eigenvalue weighted by Gasteiger charge is 2.32. The van der Waals surface area contributed by atoms with E-state index in [0.717, 1.165) is 5.56 Å². The molecule has 0 aliphatic heterocycles. The van der Waals surface area contributed by atoms with E-state index in [1.54, 1.807) is 45.0 Å². The largest absolute Gasteiger partial charge is 0.405 e. The molecule has 1 atom stereocenters. The molecule has 0 spiro atoms. The molecule has 1 rings (SSSR count). The molecular weight excluding hydrogens is 241 g/mol. The van der Waals surface area contributed by atoms with E-state index in [1.165, 1.54) is 4.90 Å². The first-order chi connectivity index (χ1) is 8.22. The maximum Gasteiger partial charge on any atom is 0.405 e. The fourth-order valence-corrected chi connectivity index (χ4v) is 1.87. The third-order valence-electron chi connectivity index (χ3n) is 2.71. The van der Waals surface area contributed by atoms with Crippen molar-refractivity contribution in [3.63, 3.8) is 0 Å². The summed E-state index contributed by atoms with van der Waals surface area (Å²) in [6.45, 7) is 4.28. The van der Waals surface area contributed by atoms with Gasteiger partial charge in [0.15, 0.2) is 0 Å². The van der Waals surface area contributed by atoms with Crippen LogP contribution in [0.5, 0.6) is 0 Å². The van der Waals surface area contributed by atoms with Crippen LogP contribution in [0, 0.1) is 0 Å². The van der Waals surface area contributed by atoms with Gasteiger partial charge in [0.05, 0.1) is 0 Å². The van der Waals surface area contributed by atoms with Gasteiger partial charge in [-0.05, 0) is 32.4 Å². The lowest BCUT2D eigenvalue weighted by molar-refractivity contribution is -0.120. The van der Waals surface area contributed by atoms with Gasteiger partial charge in [-0.25, -0.2) is 0 Å². The van der Waals surface area contributed by atoms with E-state index in [1.807, 2.05) is 0 Å². The Morgan fingerprint density at radius 2 is 1.72 bits per heavy atom. The first-order valence-corrected chi connectivity index (χ1v) is 5.90. The van der Waals surface area contributed by atoms with Crippen molar-refractivity contribution < 1.29 is 13.2 Å². The van der Waals surface area contributed by atoms with Crippen molar-refractivity contribution >= 4 is 5.69 Å². The predicted octanol–water partition coefficient (Wildman–Crippen LogP) is 3.48. The van der Waals surface area contributed by atoms with Crippen LogP contribution in [0.3, 0.4) is 0 Å². The quantitative estimate of drug-likeness (QED) is 0.898. The topological polar surface area (TPSA) is 29.3 Å².